The zero-order chi connectivity index (χ0) is 15.0. The molecule has 1 saturated heterocycles. The Balaban J connectivity index is 2.32. The summed E-state index contributed by atoms with van der Waals surface area (Å²) in [4.78, 5) is 22.9. The molecule has 0 spiro atoms. The first-order valence-corrected chi connectivity index (χ1v) is 7.31. The molecule has 3 atom stereocenters. The lowest BCUT2D eigenvalue weighted by atomic mass is 10.1. The molecule has 6 heteroatoms. The topological polar surface area (TPSA) is 84.9 Å². The van der Waals surface area contributed by atoms with Crippen LogP contribution in [0.25, 0.3) is 0 Å². The van der Waals surface area contributed by atoms with Crippen molar-refractivity contribution in [3.8, 4) is 0 Å². The summed E-state index contributed by atoms with van der Waals surface area (Å²) in [6, 6.07) is -0.837. The molecule has 6 nitrogen and oxygen atoms in total. The first-order valence-electron chi connectivity index (χ1n) is 7.31. The predicted molar refractivity (Wildman–Crippen MR) is 73.5 cm³/mol. The Morgan fingerprint density at radius 2 is 2.25 bits per heavy atom. The maximum atomic E-state index is 11.9. The molecule has 1 rings (SSSR count). The highest BCUT2D eigenvalue weighted by molar-refractivity contribution is 5.86. The van der Waals surface area contributed by atoms with Crippen molar-refractivity contribution in [2.75, 3.05) is 13.2 Å². The number of carboxylic acid groups (broad SMARTS) is 1. The van der Waals surface area contributed by atoms with Crippen LogP contribution in [0, 0.1) is 0 Å². The quantitative estimate of drug-likeness (QED) is 0.668. The fourth-order valence-corrected chi connectivity index (χ4v) is 2.06. The number of amides is 1. The van der Waals surface area contributed by atoms with Crippen LogP contribution in [-0.2, 0) is 19.1 Å². The average Bonchev–Trinajstić information content (AvgIpc) is 2.93. The van der Waals surface area contributed by atoms with E-state index in [9.17, 15) is 9.59 Å². The van der Waals surface area contributed by atoms with Crippen molar-refractivity contribution in [3.63, 3.8) is 0 Å². The van der Waals surface area contributed by atoms with Crippen molar-refractivity contribution >= 4 is 11.9 Å². The van der Waals surface area contributed by atoms with Gasteiger partial charge in [-0.05, 0) is 26.2 Å². The van der Waals surface area contributed by atoms with E-state index in [2.05, 4.69) is 5.32 Å². The van der Waals surface area contributed by atoms with E-state index in [1.807, 2.05) is 6.92 Å². The van der Waals surface area contributed by atoms with E-state index < -0.39 is 18.1 Å². The summed E-state index contributed by atoms with van der Waals surface area (Å²) in [6.45, 7) is 4.73. The summed E-state index contributed by atoms with van der Waals surface area (Å²) in [6.07, 6.45) is 3.46. The Labute approximate surface area is 119 Å². The number of ether oxygens (including phenoxy) is 2. The highest BCUT2D eigenvalue weighted by Crippen LogP contribution is 2.12. The molecule has 0 aromatic rings. The number of aliphatic carboxylic acids is 1. The SMILES string of the molecule is CCCC[C@H](NC(=O)C(C)OCC1CCCO1)C(=O)O. The minimum Gasteiger partial charge on any atom is -0.480 e. The first kappa shape index (κ1) is 16.9. The summed E-state index contributed by atoms with van der Waals surface area (Å²) in [5, 5.41) is 11.6. The number of rotatable bonds is 9. The van der Waals surface area contributed by atoms with Crippen LogP contribution in [0.3, 0.4) is 0 Å². The van der Waals surface area contributed by atoms with Crippen molar-refractivity contribution in [2.45, 2.75) is 64.2 Å². The maximum Gasteiger partial charge on any atom is 0.326 e. The van der Waals surface area contributed by atoms with Gasteiger partial charge in [-0.2, -0.15) is 0 Å². The van der Waals surface area contributed by atoms with Gasteiger partial charge in [-0.15, -0.1) is 0 Å². The molecule has 1 aliphatic rings. The van der Waals surface area contributed by atoms with Crippen molar-refractivity contribution in [3.05, 3.63) is 0 Å². The van der Waals surface area contributed by atoms with Crippen LogP contribution in [0.5, 0.6) is 0 Å². The Morgan fingerprint density at radius 3 is 2.80 bits per heavy atom. The summed E-state index contributed by atoms with van der Waals surface area (Å²) in [5.41, 5.74) is 0. The molecule has 0 aromatic carbocycles. The second kappa shape index (κ2) is 8.92. The van der Waals surface area contributed by atoms with Gasteiger partial charge in [-0.25, -0.2) is 4.79 Å². The summed E-state index contributed by atoms with van der Waals surface area (Å²) < 4.78 is 10.8. The van der Waals surface area contributed by atoms with Gasteiger partial charge < -0.3 is 19.9 Å². The van der Waals surface area contributed by atoms with Gasteiger partial charge in [0.05, 0.1) is 12.7 Å². The summed E-state index contributed by atoms with van der Waals surface area (Å²) in [5.74, 6) is -1.38. The number of carboxylic acids is 1. The molecule has 1 heterocycles. The predicted octanol–water partition coefficient (Wildman–Crippen LogP) is 1.33. The Morgan fingerprint density at radius 1 is 1.50 bits per heavy atom. The van der Waals surface area contributed by atoms with Crippen LogP contribution >= 0.6 is 0 Å². The van der Waals surface area contributed by atoms with Crippen LogP contribution in [0.1, 0.15) is 46.0 Å². The smallest absolute Gasteiger partial charge is 0.326 e. The molecular weight excluding hydrogens is 262 g/mol. The highest BCUT2D eigenvalue weighted by Gasteiger charge is 2.24. The van der Waals surface area contributed by atoms with Crippen molar-refractivity contribution in [1.29, 1.82) is 0 Å². The molecule has 2 N–H and O–H groups in total. The maximum absolute atomic E-state index is 11.9. The molecule has 0 aromatic heterocycles. The fourth-order valence-electron chi connectivity index (χ4n) is 2.06. The lowest BCUT2D eigenvalue weighted by Crippen LogP contribution is -2.45. The normalized spacial score (nSPS) is 21.4. The third-order valence-electron chi connectivity index (χ3n) is 3.39. The van der Waals surface area contributed by atoms with Crippen LogP contribution in [0.2, 0.25) is 0 Å². The molecule has 116 valence electrons. The van der Waals surface area contributed by atoms with Gasteiger partial charge in [0, 0.05) is 6.61 Å². The van der Waals surface area contributed by atoms with Crippen molar-refractivity contribution < 1.29 is 24.2 Å². The number of hydrogen-bond donors (Lipinski definition) is 2. The highest BCUT2D eigenvalue weighted by atomic mass is 16.5. The molecule has 1 amide bonds. The van der Waals surface area contributed by atoms with E-state index in [-0.39, 0.29) is 12.0 Å². The Kier molecular flexibility index (Phi) is 7.54. The third-order valence-corrected chi connectivity index (χ3v) is 3.39. The number of nitrogens with one attached hydrogen (secondary N) is 1. The molecule has 2 unspecified atom stereocenters. The number of carbonyl (C=O) groups excluding carboxylic acids is 1. The van der Waals surface area contributed by atoms with E-state index >= 15 is 0 Å². The Hall–Kier alpha value is -1.14. The van der Waals surface area contributed by atoms with Gasteiger partial charge in [-0.1, -0.05) is 19.8 Å². The monoisotopic (exact) mass is 287 g/mol. The largest absolute Gasteiger partial charge is 0.480 e. The number of carbonyl (C=O) groups is 2. The van der Waals surface area contributed by atoms with E-state index in [1.54, 1.807) is 6.92 Å². The van der Waals surface area contributed by atoms with Gasteiger partial charge in [0.25, 0.3) is 0 Å². The van der Waals surface area contributed by atoms with Crippen LogP contribution < -0.4 is 5.32 Å². The molecule has 1 fully saturated rings. The number of unbranched alkanes of at least 4 members (excludes halogenated alkanes) is 1. The average molecular weight is 287 g/mol. The van der Waals surface area contributed by atoms with E-state index in [0.717, 1.165) is 32.3 Å². The van der Waals surface area contributed by atoms with Crippen molar-refractivity contribution in [2.24, 2.45) is 0 Å². The number of hydrogen-bond acceptors (Lipinski definition) is 4. The van der Waals surface area contributed by atoms with Gasteiger partial charge in [0.1, 0.15) is 12.1 Å². The van der Waals surface area contributed by atoms with Crippen LogP contribution in [0.4, 0.5) is 0 Å². The van der Waals surface area contributed by atoms with Crippen LogP contribution in [0.15, 0.2) is 0 Å². The molecule has 0 saturated carbocycles. The lowest BCUT2D eigenvalue weighted by molar-refractivity contribution is -0.144. The third kappa shape index (κ3) is 5.88. The van der Waals surface area contributed by atoms with Crippen molar-refractivity contribution in [1.82, 2.24) is 5.32 Å². The molecule has 0 bridgehead atoms. The molecule has 20 heavy (non-hydrogen) atoms. The first-order chi connectivity index (χ1) is 9.54. The van der Waals surface area contributed by atoms with Crippen LogP contribution in [-0.4, -0.2) is 48.4 Å². The summed E-state index contributed by atoms with van der Waals surface area (Å²) in [7, 11) is 0. The molecule has 1 aliphatic heterocycles. The van der Waals surface area contributed by atoms with Gasteiger partial charge in [-0.3, -0.25) is 4.79 Å². The minimum atomic E-state index is -1.00. The summed E-state index contributed by atoms with van der Waals surface area (Å²) >= 11 is 0. The second-order valence-electron chi connectivity index (χ2n) is 5.15. The minimum absolute atomic E-state index is 0.0561. The van der Waals surface area contributed by atoms with Gasteiger partial charge in [0.15, 0.2) is 0 Å². The fraction of sp³-hybridized carbons (Fsp3) is 0.857. The molecule has 0 radical (unpaired) electrons. The Bertz CT molecular complexity index is 315. The van der Waals surface area contributed by atoms with E-state index in [4.69, 9.17) is 14.6 Å². The molecular formula is C14H25NO5. The van der Waals surface area contributed by atoms with Gasteiger partial charge >= 0.3 is 5.97 Å². The zero-order valence-corrected chi connectivity index (χ0v) is 12.3. The molecule has 0 aliphatic carbocycles. The zero-order valence-electron chi connectivity index (χ0n) is 12.3. The lowest BCUT2D eigenvalue weighted by Gasteiger charge is -2.19. The van der Waals surface area contributed by atoms with E-state index in [1.165, 1.54) is 0 Å². The standard InChI is InChI=1S/C14H25NO5/c1-3-4-7-12(14(17)18)15-13(16)10(2)20-9-11-6-5-8-19-11/h10-12H,3-9H2,1-2H3,(H,15,16)(H,17,18)/t10?,11?,12-/m0/s1. The van der Waals surface area contributed by atoms with Gasteiger partial charge in [0.2, 0.25) is 5.91 Å². The second-order valence-corrected chi connectivity index (χ2v) is 5.15. The van der Waals surface area contributed by atoms with E-state index in [0.29, 0.717) is 13.0 Å².